The van der Waals surface area contributed by atoms with Gasteiger partial charge in [-0.1, -0.05) is 17.7 Å². The highest BCUT2D eigenvalue weighted by Crippen LogP contribution is 2.36. The van der Waals surface area contributed by atoms with Crippen LogP contribution >= 0.6 is 11.6 Å². The quantitative estimate of drug-likeness (QED) is 0.821. The minimum absolute atomic E-state index is 0.0252. The van der Waals surface area contributed by atoms with E-state index >= 15 is 0 Å². The maximum atomic E-state index is 12.8. The minimum atomic E-state index is -4.61. The van der Waals surface area contributed by atoms with Gasteiger partial charge < -0.3 is 14.8 Å². The predicted molar refractivity (Wildman–Crippen MR) is 88.2 cm³/mol. The molecular formula is C17H15ClF3NO3. The minimum Gasteiger partial charge on any atom is -0.497 e. The Morgan fingerprint density at radius 3 is 2.48 bits per heavy atom. The number of nitrogens with one attached hydrogen (secondary N) is 1. The Hall–Kier alpha value is -2.41. The lowest BCUT2D eigenvalue weighted by Crippen LogP contribution is -2.30. The van der Waals surface area contributed by atoms with Gasteiger partial charge in [0.05, 0.1) is 17.7 Å². The number of carbonyl (C=O) groups is 1. The van der Waals surface area contributed by atoms with Crippen LogP contribution in [-0.2, 0) is 11.0 Å². The number of carbonyl (C=O) groups excluding carboxylic acids is 1. The fourth-order valence-corrected chi connectivity index (χ4v) is 2.22. The number of methoxy groups -OCH3 is 1. The van der Waals surface area contributed by atoms with E-state index in [-0.39, 0.29) is 5.69 Å². The second-order valence-corrected chi connectivity index (χ2v) is 5.53. The normalized spacial score (nSPS) is 12.4. The molecule has 0 fully saturated rings. The van der Waals surface area contributed by atoms with Gasteiger partial charge in [0.1, 0.15) is 11.5 Å². The Morgan fingerprint density at radius 1 is 1.16 bits per heavy atom. The van der Waals surface area contributed by atoms with Gasteiger partial charge >= 0.3 is 6.18 Å². The van der Waals surface area contributed by atoms with E-state index in [1.807, 2.05) is 0 Å². The van der Waals surface area contributed by atoms with E-state index < -0.39 is 28.8 Å². The summed E-state index contributed by atoms with van der Waals surface area (Å²) >= 11 is 5.55. The fraction of sp³-hybridized carbons (Fsp3) is 0.235. The van der Waals surface area contributed by atoms with Crippen molar-refractivity contribution in [2.75, 3.05) is 12.4 Å². The van der Waals surface area contributed by atoms with Gasteiger partial charge in [0.25, 0.3) is 5.91 Å². The standard InChI is InChI=1S/C17H15ClF3NO3/c1-10(25-13-5-3-4-12(9-13)24-2)16(23)22-11-6-7-15(18)14(8-11)17(19,20)21/h3-10H,1-2H3,(H,22,23)/t10-/m1/s1. The molecule has 0 saturated heterocycles. The highest BCUT2D eigenvalue weighted by molar-refractivity contribution is 6.31. The van der Waals surface area contributed by atoms with E-state index in [2.05, 4.69) is 5.32 Å². The highest BCUT2D eigenvalue weighted by Gasteiger charge is 2.33. The van der Waals surface area contributed by atoms with Crippen LogP contribution in [0.3, 0.4) is 0 Å². The zero-order valence-corrected chi connectivity index (χ0v) is 14.1. The lowest BCUT2D eigenvalue weighted by Gasteiger charge is -2.16. The van der Waals surface area contributed by atoms with Gasteiger partial charge in [0, 0.05) is 11.8 Å². The average Bonchev–Trinajstić information content (AvgIpc) is 2.55. The van der Waals surface area contributed by atoms with E-state index in [0.717, 1.165) is 12.1 Å². The van der Waals surface area contributed by atoms with Gasteiger partial charge in [-0.05, 0) is 37.3 Å². The number of hydrogen-bond donors (Lipinski definition) is 1. The van der Waals surface area contributed by atoms with E-state index in [1.54, 1.807) is 24.3 Å². The smallest absolute Gasteiger partial charge is 0.417 e. The molecule has 0 saturated carbocycles. The van der Waals surface area contributed by atoms with Crippen molar-refractivity contribution in [1.29, 1.82) is 0 Å². The largest absolute Gasteiger partial charge is 0.497 e. The third kappa shape index (κ3) is 5.03. The zero-order chi connectivity index (χ0) is 18.6. The number of hydrogen-bond acceptors (Lipinski definition) is 3. The third-order valence-corrected chi connectivity index (χ3v) is 3.59. The van der Waals surface area contributed by atoms with Crippen molar-refractivity contribution in [2.45, 2.75) is 19.2 Å². The highest BCUT2D eigenvalue weighted by atomic mass is 35.5. The first-order valence-corrected chi connectivity index (χ1v) is 7.57. The molecule has 2 aromatic carbocycles. The van der Waals surface area contributed by atoms with Gasteiger partial charge in [-0.3, -0.25) is 4.79 Å². The van der Waals surface area contributed by atoms with E-state index in [1.165, 1.54) is 20.1 Å². The van der Waals surface area contributed by atoms with Crippen molar-refractivity contribution in [1.82, 2.24) is 0 Å². The molecule has 0 radical (unpaired) electrons. The maximum absolute atomic E-state index is 12.8. The van der Waals surface area contributed by atoms with Crippen LogP contribution in [0.4, 0.5) is 18.9 Å². The molecule has 4 nitrogen and oxygen atoms in total. The van der Waals surface area contributed by atoms with Gasteiger partial charge in [0.15, 0.2) is 6.10 Å². The molecule has 25 heavy (non-hydrogen) atoms. The molecule has 0 unspecified atom stereocenters. The summed E-state index contributed by atoms with van der Waals surface area (Å²) < 4.78 is 49.1. The first-order valence-electron chi connectivity index (χ1n) is 7.19. The first kappa shape index (κ1) is 18.9. The molecule has 0 spiro atoms. The number of anilines is 1. The monoisotopic (exact) mass is 373 g/mol. The Kier molecular flexibility index (Phi) is 5.79. The molecule has 2 aromatic rings. The summed E-state index contributed by atoms with van der Waals surface area (Å²) in [4.78, 5) is 12.1. The molecule has 0 aliphatic heterocycles. The lowest BCUT2D eigenvalue weighted by atomic mass is 10.2. The van der Waals surface area contributed by atoms with Crippen LogP contribution in [-0.4, -0.2) is 19.1 Å². The molecule has 0 bridgehead atoms. The molecule has 1 N–H and O–H groups in total. The molecule has 8 heteroatoms. The molecule has 0 aliphatic rings. The van der Waals surface area contributed by atoms with Crippen molar-refractivity contribution in [3.8, 4) is 11.5 Å². The summed E-state index contributed by atoms with van der Waals surface area (Å²) in [6, 6.07) is 9.77. The fourth-order valence-electron chi connectivity index (χ4n) is 2.00. The van der Waals surface area contributed by atoms with Crippen molar-refractivity contribution < 1.29 is 27.4 Å². The molecule has 0 aromatic heterocycles. The number of rotatable bonds is 5. The molecule has 1 atom stereocenters. The molecule has 1 amide bonds. The Morgan fingerprint density at radius 2 is 1.84 bits per heavy atom. The first-order chi connectivity index (χ1) is 11.7. The third-order valence-electron chi connectivity index (χ3n) is 3.26. The van der Waals surface area contributed by atoms with Crippen LogP contribution in [0.15, 0.2) is 42.5 Å². The molecule has 134 valence electrons. The van der Waals surface area contributed by atoms with E-state index in [0.29, 0.717) is 11.5 Å². The second kappa shape index (κ2) is 7.65. The van der Waals surface area contributed by atoms with Crippen LogP contribution in [0.2, 0.25) is 5.02 Å². The predicted octanol–water partition coefficient (Wildman–Crippen LogP) is 4.77. The number of amides is 1. The molecular weight excluding hydrogens is 359 g/mol. The van der Waals surface area contributed by atoms with Crippen LogP contribution in [0.5, 0.6) is 11.5 Å². The van der Waals surface area contributed by atoms with Crippen molar-refractivity contribution in [3.63, 3.8) is 0 Å². The summed E-state index contributed by atoms with van der Waals surface area (Å²) in [6.45, 7) is 1.48. The van der Waals surface area contributed by atoms with E-state index in [4.69, 9.17) is 21.1 Å². The van der Waals surface area contributed by atoms with Crippen LogP contribution in [0.25, 0.3) is 0 Å². The van der Waals surface area contributed by atoms with Crippen LogP contribution in [0.1, 0.15) is 12.5 Å². The molecule has 0 heterocycles. The van der Waals surface area contributed by atoms with Crippen molar-refractivity contribution >= 4 is 23.2 Å². The topological polar surface area (TPSA) is 47.6 Å². The summed E-state index contributed by atoms with van der Waals surface area (Å²) in [7, 11) is 1.49. The summed E-state index contributed by atoms with van der Waals surface area (Å²) in [5, 5.41) is 1.94. The maximum Gasteiger partial charge on any atom is 0.417 e. The number of benzene rings is 2. The Bertz CT molecular complexity index is 765. The summed E-state index contributed by atoms with van der Waals surface area (Å²) in [5.74, 6) is 0.352. The molecule has 0 aliphatic carbocycles. The zero-order valence-electron chi connectivity index (χ0n) is 13.4. The summed E-state index contributed by atoms with van der Waals surface area (Å²) in [6.07, 6.45) is -5.54. The Balaban J connectivity index is 2.08. The van der Waals surface area contributed by atoms with Crippen molar-refractivity contribution in [3.05, 3.63) is 53.1 Å². The van der Waals surface area contributed by atoms with Gasteiger partial charge in [-0.15, -0.1) is 0 Å². The second-order valence-electron chi connectivity index (χ2n) is 5.12. The van der Waals surface area contributed by atoms with Gasteiger partial charge in [-0.2, -0.15) is 13.2 Å². The molecule has 2 rings (SSSR count). The number of ether oxygens (including phenoxy) is 2. The van der Waals surface area contributed by atoms with Gasteiger partial charge in [-0.25, -0.2) is 0 Å². The Labute approximate surface area is 147 Å². The number of halogens is 4. The van der Waals surface area contributed by atoms with Crippen LogP contribution < -0.4 is 14.8 Å². The SMILES string of the molecule is COc1cccc(O[C@H](C)C(=O)Nc2ccc(Cl)c(C(F)(F)F)c2)c1. The van der Waals surface area contributed by atoms with Crippen molar-refractivity contribution in [2.24, 2.45) is 0 Å². The number of alkyl halides is 3. The van der Waals surface area contributed by atoms with Crippen LogP contribution in [0, 0.1) is 0 Å². The van der Waals surface area contributed by atoms with E-state index in [9.17, 15) is 18.0 Å². The van der Waals surface area contributed by atoms with Gasteiger partial charge in [0.2, 0.25) is 0 Å². The average molecular weight is 374 g/mol. The summed E-state index contributed by atoms with van der Waals surface area (Å²) in [5.41, 5.74) is -1.05. The lowest BCUT2D eigenvalue weighted by molar-refractivity contribution is -0.137.